The maximum atomic E-state index is 3.97. The Morgan fingerprint density at radius 2 is 2.00 bits per heavy atom. The third-order valence-electron chi connectivity index (χ3n) is 1.53. The van der Waals surface area contributed by atoms with Gasteiger partial charge in [0.1, 0.15) is 0 Å². The van der Waals surface area contributed by atoms with Crippen molar-refractivity contribution in [3.8, 4) is 0 Å². The first kappa shape index (κ1) is 10.9. The third kappa shape index (κ3) is 2.43. The van der Waals surface area contributed by atoms with Crippen molar-refractivity contribution in [1.82, 2.24) is 9.78 Å². The Morgan fingerprint density at radius 1 is 1.45 bits per heavy atom. The first-order chi connectivity index (χ1) is 4.52. The van der Waals surface area contributed by atoms with E-state index in [-0.39, 0.29) is 25.8 Å². The SMILES string of the molecule is Cn1n[c-]cc1C(C)(C)C.[Re]. The van der Waals surface area contributed by atoms with Gasteiger partial charge in [-0.05, 0) is 0 Å². The molecule has 1 aromatic rings. The van der Waals surface area contributed by atoms with E-state index in [1.807, 2.05) is 17.8 Å². The van der Waals surface area contributed by atoms with Crippen molar-refractivity contribution in [3.05, 3.63) is 18.0 Å². The minimum absolute atomic E-state index is 0. The molecule has 2 nitrogen and oxygen atoms in total. The van der Waals surface area contributed by atoms with Crippen LogP contribution in [0.2, 0.25) is 0 Å². The molecule has 11 heavy (non-hydrogen) atoms. The van der Waals surface area contributed by atoms with Crippen molar-refractivity contribution in [2.45, 2.75) is 26.2 Å². The van der Waals surface area contributed by atoms with Crippen LogP contribution in [-0.4, -0.2) is 9.78 Å². The van der Waals surface area contributed by atoms with Crippen molar-refractivity contribution in [2.75, 3.05) is 0 Å². The first-order valence-corrected chi connectivity index (χ1v) is 3.42. The molecule has 0 saturated heterocycles. The molecule has 1 rings (SSSR count). The normalized spacial score (nSPS) is 10.9. The number of aryl methyl sites for hydroxylation is 1. The molecule has 0 fully saturated rings. The summed E-state index contributed by atoms with van der Waals surface area (Å²) < 4.78 is 1.86. The molecule has 3 heteroatoms. The Bertz CT molecular complexity index is 222. The van der Waals surface area contributed by atoms with Crippen LogP contribution in [-0.2, 0) is 32.9 Å². The van der Waals surface area contributed by atoms with E-state index in [1.54, 1.807) is 0 Å². The van der Waals surface area contributed by atoms with Gasteiger partial charge >= 0.3 is 0 Å². The van der Waals surface area contributed by atoms with Gasteiger partial charge in [-0.25, -0.2) is 0 Å². The number of nitrogens with zero attached hydrogens (tertiary/aromatic N) is 2. The second-order valence-corrected chi connectivity index (χ2v) is 3.53. The number of hydrogen-bond donors (Lipinski definition) is 0. The molecule has 1 aromatic heterocycles. The Morgan fingerprint density at radius 3 is 2.18 bits per heavy atom. The van der Waals surface area contributed by atoms with E-state index in [1.165, 1.54) is 5.69 Å². The molecule has 0 aliphatic carbocycles. The smallest absolute Gasteiger partial charge is 0.00900 e. The fourth-order valence-electron chi connectivity index (χ4n) is 1.03. The quantitative estimate of drug-likeness (QED) is 0.662. The van der Waals surface area contributed by atoms with Gasteiger partial charge in [0.2, 0.25) is 0 Å². The monoisotopic (exact) mass is 324 g/mol. The van der Waals surface area contributed by atoms with Gasteiger partial charge in [-0.2, -0.15) is 6.07 Å². The summed E-state index contributed by atoms with van der Waals surface area (Å²) >= 11 is 0. The second-order valence-electron chi connectivity index (χ2n) is 3.53. The van der Waals surface area contributed by atoms with E-state index >= 15 is 0 Å². The molecule has 0 aliphatic rings. The molecule has 0 spiro atoms. The molecule has 0 bridgehead atoms. The van der Waals surface area contributed by atoms with Crippen LogP contribution in [0.15, 0.2) is 6.07 Å². The summed E-state index contributed by atoms with van der Waals surface area (Å²) in [7, 11) is 1.94. The van der Waals surface area contributed by atoms with Crippen LogP contribution < -0.4 is 0 Å². The van der Waals surface area contributed by atoms with Crippen LogP contribution in [0.1, 0.15) is 26.5 Å². The Labute approximate surface area is 81.6 Å². The molecule has 0 aromatic carbocycles. The molecule has 0 atom stereocenters. The predicted molar refractivity (Wildman–Crippen MR) is 40.7 cm³/mol. The topological polar surface area (TPSA) is 17.8 Å². The van der Waals surface area contributed by atoms with Gasteiger partial charge in [-0.1, -0.05) is 26.2 Å². The van der Waals surface area contributed by atoms with Gasteiger partial charge < -0.3 is 9.78 Å². The van der Waals surface area contributed by atoms with E-state index < -0.39 is 0 Å². The minimum Gasteiger partial charge on any atom is -0.368 e. The van der Waals surface area contributed by atoms with Crippen LogP contribution in [0, 0.1) is 6.20 Å². The summed E-state index contributed by atoms with van der Waals surface area (Å²) in [6, 6.07) is 1.93. The van der Waals surface area contributed by atoms with E-state index in [0.717, 1.165) is 0 Å². The van der Waals surface area contributed by atoms with Crippen LogP contribution in [0.25, 0.3) is 0 Å². The molecule has 0 saturated carbocycles. The Kier molecular flexibility index (Phi) is 3.47. The third-order valence-corrected chi connectivity index (χ3v) is 1.53. The molecular weight excluding hydrogens is 310 g/mol. The first-order valence-electron chi connectivity index (χ1n) is 3.42. The summed E-state index contributed by atoms with van der Waals surface area (Å²) in [6.07, 6.45) is 2.82. The van der Waals surface area contributed by atoms with Crippen LogP contribution >= 0.6 is 0 Å². The van der Waals surface area contributed by atoms with E-state index in [0.29, 0.717) is 0 Å². The van der Waals surface area contributed by atoms with Crippen molar-refractivity contribution in [1.29, 1.82) is 0 Å². The molecule has 1 heterocycles. The van der Waals surface area contributed by atoms with Gasteiger partial charge in [-0.15, -0.1) is 11.9 Å². The largest absolute Gasteiger partial charge is 0.368 e. The molecule has 0 aliphatic heterocycles. The van der Waals surface area contributed by atoms with E-state index in [2.05, 4.69) is 32.1 Å². The van der Waals surface area contributed by atoms with Crippen molar-refractivity contribution in [3.63, 3.8) is 0 Å². The van der Waals surface area contributed by atoms with Gasteiger partial charge in [0.15, 0.2) is 0 Å². The summed E-state index contributed by atoms with van der Waals surface area (Å²) in [5.74, 6) is 0. The van der Waals surface area contributed by atoms with Crippen LogP contribution in [0.3, 0.4) is 0 Å². The summed E-state index contributed by atoms with van der Waals surface area (Å²) in [5, 5.41) is 3.97. The molecule has 1 radical (unpaired) electrons. The Hall–Kier alpha value is -0.128. The zero-order valence-corrected chi connectivity index (χ0v) is 10.1. The molecule has 0 unspecified atom stereocenters. The summed E-state index contributed by atoms with van der Waals surface area (Å²) in [4.78, 5) is 0. The molecule has 63 valence electrons. The fourth-order valence-corrected chi connectivity index (χ4v) is 1.03. The zero-order chi connectivity index (χ0) is 7.78. The summed E-state index contributed by atoms with van der Waals surface area (Å²) in [5.41, 5.74) is 1.40. The van der Waals surface area contributed by atoms with Crippen molar-refractivity contribution >= 4 is 0 Å². The van der Waals surface area contributed by atoms with Crippen LogP contribution in [0.4, 0.5) is 0 Å². The van der Waals surface area contributed by atoms with Gasteiger partial charge in [0.05, 0.1) is 0 Å². The number of hydrogen-bond acceptors (Lipinski definition) is 1. The Balaban J connectivity index is 0.000001000. The standard InChI is InChI=1S/C8H13N2.Re/c1-8(2,3)7-5-6-9-10(7)4;/h5H,1-4H3;/q-1;. The average Bonchev–Trinajstić information content (AvgIpc) is 2.11. The van der Waals surface area contributed by atoms with Crippen LogP contribution in [0.5, 0.6) is 0 Å². The van der Waals surface area contributed by atoms with Crippen molar-refractivity contribution in [2.24, 2.45) is 7.05 Å². The molecule has 0 amide bonds. The van der Waals surface area contributed by atoms with Gasteiger partial charge in [-0.3, -0.25) is 0 Å². The second kappa shape index (κ2) is 3.51. The molecular formula is C8H13N2Re-. The predicted octanol–water partition coefficient (Wildman–Crippen LogP) is 1.52. The number of rotatable bonds is 0. The fraction of sp³-hybridized carbons (Fsp3) is 0.625. The maximum absolute atomic E-state index is 3.97. The van der Waals surface area contributed by atoms with Crippen molar-refractivity contribution < 1.29 is 20.4 Å². The summed E-state index contributed by atoms with van der Waals surface area (Å²) in [6.45, 7) is 6.49. The molecule has 0 N–H and O–H groups in total. The van der Waals surface area contributed by atoms with E-state index in [4.69, 9.17) is 0 Å². The van der Waals surface area contributed by atoms with Gasteiger partial charge in [0, 0.05) is 27.5 Å². The number of aromatic nitrogens is 2. The van der Waals surface area contributed by atoms with Gasteiger partial charge in [0.25, 0.3) is 0 Å². The minimum atomic E-state index is 0. The van der Waals surface area contributed by atoms with E-state index in [9.17, 15) is 0 Å². The maximum Gasteiger partial charge on any atom is 0.00900 e. The average molecular weight is 323 g/mol. The zero-order valence-electron chi connectivity index (χ0n) is 7.35.